The summed E-state index contributed by atoms with van der Waals surface area (Å²) in [6, 6.07) is 0. The topological polar surface area (TPSA) is 75.6 Å². The van der Waals surface area contributed by atoms with Crippen molar-refractivity contribution in [1.82, 2.24) is 4.72 Å². The monoisotopic (exact) mass is 211 g/mol. The minimum atomic E-state index is -3.07. The summed E-state index contributed by atoms with van der Waals surface area (Å²) in [5.41, 5.74) is 0. The average Bonchev–Trinajstić information content (AvgIpc) is 2.11. The highest BCUT2D eigenvalue weighted by molar-refractivity contribution is 7.89. The van der Waals surface area contributed by atoms with Gasteiger partial charge in [-0.25, -0.2) is 13.1 Å². The molecule has 0 radical (unpaired) electrons. The average molecular weight is 211 g/mol. The van der Waals surface area contributed by atoms with Crippen molar-refractivity contribution in [3.63, 3.8) is 0 Å². The van der Waals surface area contributed by atoms with Crippen LogP contribution in [-0.2, 0) is 14.8 Å². The molecule has 0 spiro atoms. The fourth-order valence-electron chi connectivity index (χ4n) is 0.671. The van der Waals surface area contributed by atoms with Gasteiger partial charge in [0.15, 0.2) is 0 Å². The summed E-state index contributed by atoms with van der Waals surface area (Å²) in [5, 5.41) is 8.35. The Kier molecular flexibility index (Phi) is 7.16. The molecule has 6 heteroatoms. The van der Waals surface area contributed by atoms with Crippen LogP contribution in [-0.4, -0.2) is 45.6 Å². The second-order valence-electron chi connectivity index (χ2n) is 2.49. The zero-order valence-corrected chi connectivity index (χ0v) is 8.64. The zero-order valence-electron chi connectivity index (χ0n) is 7.82. The van der Waals surface area contributed by atoms with Gasteiger partial charge in [-0.2, -0.15) is 0 Å². The van der Waals surface area contributed by atoms with Crippen LogP contribution in [0.15, 0.2) is 0 Å². The molecule has 0 bridgehead atoms. The fourth-order valence-corrected chi connectivity index (χ4v) is 1.33. The van der Waals surface area contributed by atoms with Crippen molar-refractivity contribution >= 4 is 10.0 Å². The molecule has 0 amide bonds. The van der Waals surface area contributed by atoms with E-state index in [9.17, 15) is 8.42 Å². The molecule has 5 nitrogen and oxygen atoms in total. The minimum Gasteiger partial charge on any atom is -0.394 e. The zero-order chi connectivity index (χ0) is 10.2. The van der Waals surface area contributed by atoms with Crippen LogP contribution in [0.5, 0.6) is 0 Å². The molecule has 0 saturated heterocycles. The standard InChI is InChI=1S/C7H17NO4S/c1-2-13(10,11)8-4-3-6-12-7-5-9/h8-9H,2-7H2,1H3. The summed E-state index contributed by atoms with van der Waals surface area (Å²) >= 11 is 0. The van der Waals surface area contributed by atoms with Crippen LogP contribution in [0, 0.1) is 0 Å². The maximum Gasteiger partial charge on any atom is 0.211 e. The maximum absolute atomic E-state index is 10.9. The Balaban J connectivity index is 3.26. The van der Waals surface area contributed by atoms with Gasteiger partial charge in [0, 0.05) is 13.2 Å². The summed E-state index contributed by atoms with van der Waals surface area (Å²) in [5.74, 6) is 0.102. The van der Waals surface area contributed by atoms with Gasteiger partial charge in [0.1, 0.15) is 0 Å². The van der Waals surface area contributed by atoms with Gasteiger partial charge in [-0.15, -0.1) is 0 Å². The SMILES string of the molecule is CCS(=O)(=O)NCCCOCCO. The van der Waals surface area contributed by atoms with Gasteiger partial charge in [-0.3, -0.25) is 0 Å². The van der Waals surface area contributed by atoms with Gasteiger partial charge in [-0.05, 0) is 13.3 Å². The molecular formula is C7H17NO4S. The summed E-state index contributed by atoms with van der Waals surface area (Å²) in [4.78, 5) is 0. The summed E-state index contributed by atoms with van der Waals surface area (Å²) in [6.45, 7) is 2.75. The van der Waals surface area contributed by atoms with Crippen molar-refractivity contribution < 1.29 is 18.3 Å². The van der Waals surface area contributed by atoms with Gasteiger partial charge in [0.2, 0.25) is 10.0 Å². The lowest BCUT2D eigenvalue weighted by Gasteiger charge is -2.04. The third kappa shape index (κ3) is 8.17. The van der Waals surface area contributed by atoms with E-state index in [1.54, 1.807) is 6.92 Å². The first-order valence-electron chi connectivity index (χ1n) is 4.28. The number of rotatable bonds is 8. The Hall–Kier alpha value is -0.170. The maximum atomic E-state index is 10.9. The smallest absolute Gasteiger partial charge is 0.211 e. The lowest BCUT2D eigenvalue weighted by atomic mass is 10.5. The van der Waals surface area contributed by atoms with Crippen LogP contribution >= 0.6 is 0 Å². The van der Waals surface area contributed by atoms with Gasteiger partial charge in [0.25, 0.3) is 0 Å². The molecular weight excluding hydrogens is 194 g/mol. The lowest BCUT2D eigenvalue weighted by Crippen LogP contribution is -2.27. The molecule has 0 atom stereocenters. The molecule has 0 aliphatic carbocycles. The lowest BCUT2D eigenvalue weighted by molar-refractivity contribution is 0.0913. The molecule has 0 fully saturated rings. The number of ether oxygens (including phenoxy) is 1. The van der Waals surface area contributed by atoms with Crippen LogP contribution < -0.4 is 4.72 Å². The van der Waals surface area contributed by atoms with E-state index in [2.05, 4.69) is 4.72 Å². The molecule has 0 aromatic heterocycles. The molecule has 0 unspecified atom stereocenters. The largest absolute Gasteiger partial charge is 0.394 e. The number of sulfonamides is 1. The quantitative estimate of drug-likeness (QED) is 0.522. The second kappa shape index (κ2) is 7.25. The van der Waals surface area contributed by atoms with Crippen molar-refractivity contribution in [2.75, 3.05) is 32.1 Å². The van der Waals surface area contributed by atoms with Crippen molar-refractivity contribution in [3.8, 4) is 0 Å². The van der Waals surface area contributed by atoms with Gasteiger partial charge in [0.05, 0.1) is 19.0 Å². The second-order valence-corrected chi connectivity index (χ2v) is 4.58. The Labute approximate surface area is 79.1 Å². The molecule has 0 aromatic rings. The van der Waals surface area contributed by atoms with Crippen LogP contribution in [0.25, 0.3) is 0 Å². The van der Waals surface area contributed by atoms with Crippen LogP contribution in [0.4, 0.5) is 0 Å². The first-order valence-corrected chi connectivity index (χ1v) is 5.93. The summed E-state index contributed by atoms with van der Waals surface area (Å²) in [7, 11) is -3.07. The van der Waals surface area contributed by atoms with E-state index in [-0.39, 0.29) is 12.4 Å². The van der Waals surface area contributed by atoms with Crippen molar-refractivity contribution in [1.29, 1.82) is 0 Å². The van der Waals surface area contributed by atoms with E-state index in [0.29, 0.717) is 26.2 Å². The van der Waals surface area contributed by atoms with Gasteiger partial charge >= 0.3 is 0 Å². The molecule has 0 aromatic carbocycles. The van der Waals surface area contributed by atoms with Crippen molar-refractivity contribution in [2.24, 2.45) is 0 Å². The van der Waals surface area contributed by atoms with E-state index < -0.39 is 10.0 Å². The van der Waals surface area contributed by atoms with Gasteiger partial charge in [-0.1, -0.05) is 0 Å². The normalized spacial score (nSPS) is 11.8. The van der Waals surface area contributed by atoms with Crippen molar-refractivity contribution in [3.05, 3.63) is 0 Å². The summed E-state index contributed by atoms with van der Waals surface area (Å²) in [6.07, 6.45) is 0.624. The molecule has 13 heavy (non-hydrogen) atoms. The predicted octanol–water partition coefficient (Wildman–Crippen LogP) is -0.675. The Morgan fingerprint density at radius 1 is 1.38 bits per heavy atom. The van der Waals surface area contributed by atoms with Gasteiger partial charge < -0.3 is 9.84 Å². The Morgan fingerprint density at radius 2 is 2.08 bits per heavy atom. The molecule has 0 aliphatic heterocycles. The number of hydrogen-bond donors (Lipinski definition) is 2. The first kappa shape index (κ1) is 12.8. The Bertz CT molecular complexity index is 203. The van der Waals surface area contributed by atoms with E-state index in [4.69, 9.17) is 9.84 Å². The van der Waals surface area contributed by atoms with E-state index >= 15 is 0 Å². The van der Waals surface area contributed by atoms with E-state index in [1.165, 1.54) is 0 Å². The van der Waals surface area contributed by atoms with E-state index in [0.717, 1.165) is 0 Å². The Morgan fingerprint density at radius 3 is 2.62 bits per heavy atom. The summed E-state index contributed by atoms with van der Waals surface area (Å²) < 4.78 is 29.2. The molecule has 80 valence electrons. The minimum absolute atomic E-state index is 0.000682. The highest BCUT2D eigenvalue weighted by Crippen LogP contribution is 1.85. The molecule has 0 saturated carbocycles. The van der Waals surface area contributed by atoms with Crippen molar-refractivity contribution in [2.45, 2.75) is 13.3 Å². The number of aliphatic hydroxyl groups is 1. The third-order valence-electron chi connectivity index (χ3n) is 1.40. The number of aliphatic hydroxyl groups excluding tert-OH is 1. The molecule has 0 rings (SSSR count). The molecule has 0 aliphatic rings. The van der Waals surface area contributed by atoms with Crippen LogP contribution in [0.3, 0.4) is 0 Å². The third-order valence-corrected chi connectivity index (χ3v) is 2.81. The molecule has 0 heterocycles. The van der Waals surface area contributed by atoms with E-state index in [1.807, 2.05) is 0 Å². The number of hydrogen-bond acceptors (Lipinski definition) is 4. The highest BCUT2D eigenvalue weighted by Gasteiger charge is 2.03. The first-order chi connectivity index (χ1) is 6.12. The fraction of sp³-hybridized carbons (Fsp3) is 1.00. The molecule has 2 N–H and O–H groups in total. The van der Waals surface area contributed by atoms with Crippen LogP contribution in [0.1, 0.15) is 13.3 Å². The highest BCUT2D eigenvalue weighted by atomic mass is 32.2. The van der Waals surface area contributed by atoms with Crippen LogP contribution in [0.2, 0.25) is 0 Å². The number of nitrogens with one attached hydrogen (secondary N) is 1. The predicted molar refractivity (Wildman–Crippen MR) is 50.0 cm³/mol.